The van der Waals surface area contributed by atoms with Gasteiger partial charge in [-0.25, -0.2) is 23.3 Å². The number of aryl methyl sites for hydroxylation is 4. The Kier molecular flexibility index (Phi) is 9.36. The van der Waals surface area contributed by atoms with Crippen LogP contribution in [0.25, 0.3) is 0 Å². The minimum absolute atomic E-state index is 0.107. The Labute approximate surface area is 252 Å². The molecule has 0 aliphatic heterocycles. The van der Waals surface area contributed by atoms with E-state index in [-0.39, 0.29) is 17.1 Å². The van der Waals surface area contributed by atoms with Crippen LogP contribution in [0.2, 0.25) is 0 Å². The van der Waals surface area contributed by atoms with Crippen LogP contribution < -0.4 is 25.1 Å². The number of aliphatic imine (C=N–C) groups is 1. The number of benzene rings is 2. The molecule has 0 bridgehead atoms. The van der Waals surface area contributed by atoms with Crippen molar-refractivity contribution in [2.45, 2.75) is 32.9 Å². The topological polar surface area (TPSA) is 103 Å². The van der Waals surface area contributed by atoms with Gasteiger partial charge in [-0.1, -0.05) is 0 Å². The lowest BCUT2D eigenvalue weighted by Gasteiger charge is -2.17. The van der Waals surface area contributed by atoms with Gasteiger partial charge in [0.15, 0.2) is 0 Å². The molecule has 2 aromatic carbocycles. The predicted molar refractivity (Wildman–Crippen MR) is 169 cm³/mol. The molecule has 5 rings (SSSR count). The molecule has 0 spiro atoms. The molecule has 1 aliphatic carbocycles. The van der Waals surface area contributed by atoms with E-state index in [1.165, 1.54) is 0 Å². The summed E-state index contributed by atoms with van der Waals surface area (Å²) in [5.74, 6) is -0.366. The molecule has 222 valence electrons. The molecule has 0 saturated heterocycles. The number of carbonyl (C=O) groups excluding carboxylic acids is 1. The molecule has 4 N–H and O–H groups in total. The Hall–Kier alpha value is -5.12. The zero-order valence-corrected chi connectivity index (χ0v) is 25.0. The van der Waals surface area contributed by atoms with E-state index in [0.717, 1.165) is 56.1 Å². The number of aromatic nitrogens is 4. The van der Waals surface area contributed by atoms with Crippen molar-refractivity contribution in [1.29, 1.82) is 0 Å². The fourth-order valence-electron chi connectivity index (χ4n) is 4.83. The number of nitrogens with zero attached hydrogens (tertiary/aromatic N) is 5. The summed E-state index contributed by atoms with van der Waals surface area (Å²) < 4.78 is 8.39. The van der Waals surface area contributed by atoms with Crippen LogP contribution in [0.3, 0.4) is 0 Å². The number of ketones is 1. The highest BCUT2D eigenvalue weighted by Gasteiger charge is 2.24. The van der Waals surface area contributed by atoms with Gasteiger partial charge >= 0.3 is 0 Å². The molecule has 2 aromatic heterocycles. The van der Waals surface area contributed by atoms with Crippen molar-refractivity contribution >= 4 is 34.2 Å². The van der Waals surface area contributed by atoms with E-state index in [1.807, 2.05) is 84.2 Å². The van der Waals surface area contributed by atoms with Gasteiger partial charge < -0.3 is 21.1 Å². The first-order valence-electron chi connectivity index (χ1n) is 14.6. The van der Waals surface area contributed by atoms with Crippen molar-refractivity contribution < 1.29 is 19.0 Å². The van der Waals surface area contributed by atoms with Crippen LogP contribution in [-0.4, -0.2) is 38.8 Å². The molecule has 0 atom stereocenters. The third-order valence-corrected chi connectivity index (χ3v) is 7.24. The van der Waals surface area contributed by atoms with Crippen LogP contribution in [0.15, 0.2) is 114 Å². The molecule has 1 aliphatic rings. The van der Waals surface area contributed by atoms with Crippen molar-refractivity contribution in [2.75, 3.05) is 29.0 Å². The summed E-state index contributed by atoms with van der Waals surface area (Å²) in [6, 6.07) is 15.5. The first-order valence-corrected chi connectivity index (χ1v) is 14.6. The van der Waals surface area contributed by atoms with Gasteiger partial charge in [-0.15, -0.1) is 0 Å². The van der Waals surface area contributed by atoms with E-state index in [2.05, 4.69) is 55.1 Å². The van der Waals surface area contributed by atoms with Crippen molar-refractivity contribution in [3.8, 4) is 0 Å². The number of imidazole rings is 2. The molecule has 0 fully saturated rings. The second-order valence-corrected chi connectivity index (χ2v) is 10.8. The summed E-state index contributed by atoms with van der Waals surface area (Å²) in [4.78, 5) is 17.6. The fraction of sp³-hybridized carbons (Fsp3) is 0.273. The molecule has 2 heterocycles. The number of aliphatic hydroxyl groups is 1. The standard InChI is InChI=1S/C33H38N8O2/c1-25-32(42)30(36-28-10-6-26(7-11-28)34-14-4-16-40-20-18-38(2)23-40)22-31(33(25)43)37-29-12-8-27(9-13-29)35-15-5-17-41-21-19-39(3)24-41/h6-13,18-24H,4-5,14-17H2,1-3H3,(H2-2,34,35,36,37,42,43)/p+2. The quantitative estimate of drug-likeness (QED) is 0.107. The number of nitrogens with one attached hydrogen (secondary N) is 3. The highest BCUT2D eigenvalue weighted by Crippen LogP contribution is 2.24. The molecule has 43 heavy (non-hydrogen) atoms. The van der Waals surface area contributed by atoms with Gasteiger partial charge in [-0.3, -0.25) is 4.79 Å². The predicted octanol–water partition coefficient (Wildman–Crippen LogP) is 4.43. The number of hydrogen-bond donors (Lipinski definition) is 4. The van der Waals surface area contributed by atoms with Crippen molar-refractivity contribution in [2.24, 2.45) is 19.1 Å². The normalized spacial score (nSPS) is 14.3. The van der Waals surface area contributed by atoms with E-state index in [1.54, 1.807) is 13.0 Å². The second-order valence-electron chi connectivity index (χ2n) is 10.8. The fourth-order valence-corrected chi connectivity index (χ4v) is 4.83. The summed E-state index contributed by atoms with van der Waals surface area (Å²) in [7, 11) is 4.03. The maximum Gasteiger partial charge on any atom is 0.243 e. The lowest BCUT2D eigenvalue weighted by molar-refractivity contribution is -0.671. The maximum absolute atomic E-state index is 12.9. The van der Waals surface area contributed by atoms with Crippen LogP contribution in [-0.2, 0) is 32.0 Å². The van der Waals surface area contributed by atoms with Crippen molar-refractivity contribution in [3.05, 3.63) is 109 Å². The SMILES string of the molecule is CC1=C(O)/C(=N\c2ccc(NCCCn3cc[n+](C)c3)cc2)C=C(Nc2ccc(NCCCn3cc[n+](C)c3)cc2)C1=O. The van der Waals surface area contributed by atoms with Gasteiger partial charge in [-0.2, -0.15) is 0 Å². The Morgan fingerprint density at radius 2 is 1.30 bits per heavy atom. The van der Waals surface area contributed by atoms with Gasteiger partial charge in [0.1, 0.15) is 36.3 Å². The van der Waals surface area contributed by atoms with E-state index in [9.17, 15) is 9.90 Å². The second kappa shape index (κ2) is 13.7. The number of carbonyl (C=O) groups is 1. The van der Waals surface area contributed by atoms with E-state index in [0.29, 0.717) is 17.1 Å². The number of aliphatic hydroxyl groups excluding tert-OH is 1. The molecular weight excluding hydrogens is 540 g/mol. The van der Waals surface area contributed by atoms with Crippen LogP contribution in [0.4, 0.5) is 22.7 Å². The average molecular weight is 581 g/mol. The molecule has 4 aromatic rings. The van der Waals surface area contributed by atoms with Crippen molar-refractivity contribution in [1.82, 2.24) is 9.13 Å². The number of Topliss-reactive ketones (excluding diaryl/α,β-unsaturated/α-hetero) is 1. The molecule has 10 heteroatoms. The molecular formula is C33H40N8O2+2. The molecule has 0 radical (unpaired) electrons. The third kappa shape index (κ3) is 8.00. The summed E-state index contributed by atoms with van der Waals surface area (Å²) in [6.45, 7) is 5.21. The van der Waals surface area contributed by atoms with E-state index >= 15 is 0 Å². The monoisotopic (exact) mass is 580 g/mol. The van der Waals surface area contributed by atoms with Gasteiger partial charge in [-0.05, 0) is 61.5 Å². The minimum atomic E-state index is -0.259. The van der Waals surface area contributed by atoms with E-state index in [4.69, 9.17) is 0 Å². The first kappa shape index (κ1) is 29.4. The highest BCUT2D eigenvalue weighted by molar-refractivity contribution is 6.24. The Morgan fingerprint density at radius 1 is 0.791 bits per heavy atom. The Bertz CT molecular complexity index is 1640. The summed E-state index contributed by atoms with van der Waals surface area (Å²) >= 11 is 0. The number of anilines is 3. The van der Waals surface area contributed by atoms with Crippen LogP contribution >= 0.6 is 0 Å². The maximum atomic E-state index is 12.9. The van der Waals surface area contributed by atoms with Crippen LogP contribution in [0.1, 0.15) is 19.8 Å². The van der Waals surface area contributed by atoms with Gasteiger partial charge in [0.25, 0.3) is 0 Å². The van der Waals surface area contributed by atoms with Gasteiger partial charge in [0.2, 0.25) is 18.4 Å². The largest absolute Gasteiger partial charge is 0.505 e. The van der Waals surface area contributed by atoms with Crippen LogP contribution in [0.5, 0.6) is 0 Å². The van der Waals surface area contributed by atoms with Gasteiger partial charge in [0.05, 0.1) is 38.6 Å². The summed E-state index contributed by atoms with van der Waals surface area (Å²) in [6.07, 6.45) is 15.9. The molecule has 0 saturated carbocycles. The average Bonchev–Trinajstić information content (AvgIpc) is 3.63. The molecule has 0 unspecified atom stereocenters. The third-order valence-electron chi connectivity index (χ3n) is 7.24. The lowest BCUT2D eigenvalue weighted by Crippen LogP contribution is -2.23. The zero-order chi connectivity index (χ0) is 30.2. The zero-order valence-electron chi connectivity index (χ0n) is 25.0. The van der Waals surface area contributed by atoms with Crippen LogP contribution in [0, 0.1) is 0 Å². The summed E-state index contributed by atoms with van der Waals surface area (Å²) in [5.41, 5.74) is 4.44. The van der Waals surface area contributed by atoms with Gasteiger partial charge in [0, 0.05) is 48.6 Å². The van der Waals surface area contributed by atoms with E-state index < -0.39 is 0 Å². The smallest absolute Gasteiger partial charge is 0.243 e. The number of hydrogen-bond acceptors (Lipinski definition) is 6. The number of allylic oxidation sites excluding steroid dienone is 2. The summed E-state index contributed by atoms with van der Waals surface area (Å²) in [5, 5.41) is 20.8. The van der Waals surface area contributed by atoms with Crippen molar-refractivity contribution in [3.63, 3.8) is 0 Å². The minimum Gasteiger partial charge on any atom is -0.505 e. The lowest BCUT2D eigenvalue weighted by atomic mass is 9.99. The Balaban J connectivity index is 1.15. The molecule has 0 amide bonds. The Morgan fingerprint density at radius 3 is 1.81 bits per heavy atom. The number of rotatable bonds is 13. The first-order chi connectivity index (χ1) is 20.8. The highest BCUT2D eigenvalue weighted by atomic mass is 16.3. The molecule has 10 nitrogen and oxygen atoms in total.